The van der Waals surface area contributed by atoms with E-state index in [4.69, 9.17) is 30.5 Å². The number of hydrogen-bond acceptors (Lipinski definition) is 7. The average molecular weight is 295 g/mol. The summed E-state index contributed by atoms with van der Waals surface area (Å²) in [6, 6.07) is 0. The van der Waals surface area contributed by atoms with Crippen LogP contribution < -0.4 is 0 Å². The molecule has 0 saturated carbocycles. The van der Waals surface area contributed by atoms with Crippen LogP contribution in [0.3, 0.4) is 0 Å². The van der Waals surface area contributed by atoms with E-state index in [0.29, 0.717) is 0 Å². The summed E-state index contributed by atoms with van der Waals surface area (Å²) >= 11 is 5.88. The first-order valence-electron chi connectivity index (χ1n) is 5.58. The van der Waals surface area contributed by atoms with E-state index in [9.17, 15) is 14.4 Å². The van der Waals surface area contributed by atoms with Crippen molar-refractivity contribution in [3.63, 3.8) is 0 Å². The van der Waals surface area contributed by atoms with Crippen molar-refractivity contribution in [1.82, 2.24) is 0 Å². The van der Waals surface area contributed by atoms with Crippen LogP contribution in [0.5, 0.6) is 0 Å². The van der Waals surface area contributed by atoms with Crippen LogP contribution in [0.25, 0.3) is 0 Å². The van der Waals surface area contributed by atoms with Gasteiger partial charge in [-0.2, -0.15) is 0 Å². The van der Waals surface area contributed by atoms with E-state index in [1.165, 1.54) is 20.8 Å². The second-order valence-corrected chi connectivity index (χ2v) is 4.41. The van der Waals surface area contributed by atoms with Crippen molar-refractivity contribution in [2.24, 2.45) is 0 Å². The summed E-state index contributed by atoms with van der Waals surface area (Å²) in [5.74, 6) is -1.79. The van der Waals surface area contributed by atoms with Gasteiger partial charge < -0.3 is 18.9 Å². The fraction of sp³-hybridized carbons (Fsp3) is 0.727. The molecule has 1 aliphatic heterocycles. The highest BCUT2D eigenvalue weighted by molar-refractivity contribution is 6.20. The summed E-state index contributed by atoms with van der Waals surface area (Å²) in [6.45, 7) is 3.53. The van der Waals surface area contributed by atoms with Gasteiger partial charge in [-0.3, -0.25) is 14.4 Å². The Labute approximate surface area is 115 Å². The van der Waals surface area contributed by atoms with Crippen LogP contribution in [0.15, 0.2) is 0 Å². The molecule has 8 heteroatoms. The molecule has 0 aliphatic carbocycles. The second kappa shape index (κ2) is 6.72. The SMILES string of the molecule is CC(=O)O[C@@H]1[C@@H](OC(C)=O)[C@@H](OC(C)=O)CO[C@H]1Cl. The molecule has 1 saturated heterocycles. The Balaban J connectivity index is 2.89. The van der Waals surface area contributed by atoms with Crippen LogP contribution in [0.1, 0.15) is 20.8 Å². The van der Waals surface area contributed by atoms with E-state index in [1.54, 1.807) is 0 Å². The summed E-state index contributed by atoms with van der Waals surface area (Å²) in [7, 11) is 0. The minimum atomic E-state index is -1.04. The molecule has 0 bridgehead atoms. The number of halogens is 1. The third-order valence-electron chi connectivity index (χ3n) is 2.29. The number of esters is 3. The van der Waals surface area contributed by atoms with Crippen LogP contribution in [0, 0.1) is 0 Å². The smallest absolute Gasteiger partial charge is 0.303 e. The summed E-state index contributed by atoms with van der Waals surface area (Å²) in [6.07, 6.45) is -2.91. The molecule has 7 nitrogen and oxygen atoms in total. The average Bonchev–Trinajstić information content (AvgIpc) is 2.25. The van der Waals surface area contributed by atoms with Gasteiger partial charge in [0.25, 0.3) is 0 Å². The highest BCUT2D eigenvalue weighted by atomic mass is 35.5. The van der Waals surface area contributed by atoms with Gasteiger partial charge in [0.2, 0.25) is 0 Å². The Morgan fingerprint density at radius 2 is 1.42 bits per heavy atom. The first kappa shape index (κ1) is 15.7. The second-order valence-electron chi connectivity index (χ2n) is 3.98. The largest absolute Gasteiger partial charge is 0.456 e. The first-order valence-corrected chi connectivity index (χ1v) is 6.02. The van der Waals surface area contributed by atoms with Crippen LogP contribution in [-0.4, -0.2) is 48.4 Å². The van der Waals surface area contributed by atoms with Crippen molar-refractivity contribution in [1.29, 1.82) is 0 Å². The summed E-state index contributed by atoms with van der Waals surface area (Å²) in [4.78, 5) is 33.1. The maximum absolute atomic E-state index is 11.1. The Bertz CT molecular complexity index is 370. The predicted octanol–water partition coefficient (Wildman–Crippen LogP) is 0.377. The third kappa shape index (κ3) is 4.68. The lowest BCUT2D eigenvalue weighted by molar-refractivity contribution is -0.214. The summed E-state index contributed by atoms with van der Waals surface area (Å²) in [5, 5.41) is 0. The van der Waals surface area contributed by atoms with E-state index in [2.05, 4.69) is 0 Å². The van der Waals surface area contributed by atoms with Crippen molar-refractivity contribution < 1.29 is 33.3 Å². The quantitative estimate of drug-likeness (QED) is 0.422. The van der Waals surface area contributed by atoms with Gasteiger partial charge >= 0.3 is 17.9 Å². The monoisotopic (exact) mass is 294 g/mol. The minimum Gasteiger partial charge on any atom is -0.456 e. The number of alkyl halides is 1. The molecule has 1 heterocycles. The standard InChI is InChI=1S/C11H15ClO7/c1-5(13)17-8-4-16-11(12)10(19-7(3)15)9(8)18-6(2)14/h8-11H,4H2,1-3H3/t8-,9-,10+,11+/m0/s1. The van der Waals surface area contributed by atoms with E-state index in [1.807, 2.05) is 0 Å². The maximum atomic E-state index is 11.1. The Hall–Kier alpha value is -1.34. The zero-order chi connectivity index (χ0) is 14.6. The minimum absolute atomic E-state index is 0.0521. The van der Waals surface area contributed by atoms with Crippen molar-refractivity contribution >= 4 is 29.5 Å². The molecule has 1 fully saturated rings. The molecule has 1 rings (SSSR count). The molecular weight excluding hydrogens is 280 g/mol. The molecular formula is C11H15ClO7. The highest BCUT2D eigenvalue weighted by Gasteiger charge is 2.46. The molecule has 0 spiro atoms. The van der Waals surface area contributed by atoms with Crippen molar-refractivity contribution in [3.05, 3.63) is 0 Å². The predicted molar refractivity (Wildman–Crippen MR) is 62.3 cm³/mol. The van der Waals surface area contributed by atoms with E-state index in [0.717, 1.165) is 0 Å². The third-order valence-corrected chi connectivity index (χ3v) is 2.66. The number of ether oxygens (including phenoxy) is 4. The van der Waals surface area contributed by atoms with Crippen molar-refractivity contribution in [3.8, 4) is 0 Å². The molecule has 108 valence electrons. The van der Waals surface area contributed by atoms with E-state index >= 15 is 0 Å². The molecule has 0 radical (unpaired) electrons. The van der Waals surface area contributed by atoms with Gasteiger partial charge in [-0.15, -0.1) is 0 Å². The van der Waals surface area contributed by atoms with Crippen LogP contribution in [-0.2, 0) is 33.3 Å². The molecule has 0 aromatic carbocycles. The summed E-state index contributed by atoms with van der Waals surface area (Å²) in [5.41, 5.74) is -0.986. The van der Waals surface area contributed by atoms with Gasteiger partial charge in [0, 0.05) is 20.8 Å². The van der Waals surface area contributed by atoms with Crippen molar-refractivity contribution in [2.75, 3.05) is 6.61 Å². The molecule has 4 atom stereocenters. The number of carbonyl (C=O) groups is 3. The van der Waals surface area contributed by atoms with Crippen LogP contribution >= 0.6 is 11.6 Å². The van der Waals surface area contributed by atoms with Crippen LogP contribution in [0.4, 0.5) is 0 Å². The Morgan fingerprint density at radius 1 is 0.947 bits per heavy atom. The fourth-order valence-electron chi connectivity index (χ4n) is 1.70. The Kier molecular flexibility index (Phi) is 5.56. The van der Waals surface area contributed by atoms with Gasteiger partial charge in [0.05, 0.1) is 6.61 Å². The lowest BCUT2D eigenvalue weighted by Crippen LogP contribution is -2.55. The van der Waals surface area contributed by atoms with Crippen molar-refractivity contribution in [2.45, 2.75) is 44.6 Å². The Morgan fingerprint density at radius 3 is 1.89 bits per heavy atom. The molecule has 0 N–H and O–H groups in total. The number of hydrogen-bond donors (Lipinski definition) is 0. The molecule has 19 heavy (non-hydrogen) atoms. The van der Waals surface area contributed by atoms with Gasteiger partial charge in [0.15, 0.2) is 23.9 Å². The molecule has 0 unspecified atom stereocenters. The zero-order valence-corrected chi connectivity index (χ0v) is 11.5. The lowest BCUT2D eigenvalue weighted by Gasteiger charge is -2.38. The normalized spacial score (nSPS) is 30.3. The molecule has 0 amide bonds. The van der Waals surface area contributed by atoms with Gasteiger partial charge in [-0.25, -0.2) is 0 Å². The fourth-order valence-corrected chi connectivity index (χ4v) is 1.97. The lowest BCUT2D eigenvalue weighted by atomic mass is 10.1. The van der Waals surface area contributed by atoms with Gasteiger partial charge in [-0.05, 0) is 0 Å². The molecule has 0 aromatic rings. The van der Waals surface area contributed by atoms with E-state index in [-0.39, 0.29) is 6.61 Å². The van der Waals surface area contributed by atoms with Gasteiger partial charge in [-0.1, -0.05) is 11.6 Å². The molecule has 1 aliphatic rings. The molecule has 0 aromatic heterocycles. The summed E-state index contributed by atoms with van der Waals surface area (Å²) < 4.78 is 20.1. The first-order chi connectivity index (χ1) is 8.81. The highest BCUT2D eigenvalue weighted by Crippen LogP contribution is 2.26. The van der Waals surface area contributed by atoms with E-state index < -0.39 is 41.8 Å². The number of rotatable bonds is 3. The van der Waals surface area contributed by atoms with Crippen LogP contribution in [0.2, 0.25) is 0 Å². The maximum Gasteiger partial charge on any atom is 0.303 e. The topological polar surface area (TPSA) is 88.1 Å². The van der Waals surface area contributed by atoms with Gasteiger partial charge in [0.1, 0.15) is 0 Å². The number of carbonyl (C=O) groups excluding carboxylic acids is 3. The zero-order valence-electron chi connectivity index (χ0n) is 10.8.